The standard InChI is InChI=1S/C12H18N2OS.ClH/c1-10-5-6-12(14-8-10)16(15)9-11-4-2-3-7-13-11;/h5-6,8,11,13H,2-4,7,9H2,1H3;1H. The van der Waals surface area contributed by atoms with Crippen LogP contribution in [0.1, 0.15) is 24.8 Å². The number of nitrogens with zero attached hydrogens (tertiary/aromatic N) is 1. The highest BCUT2D eigenvalue weighted by atomic mass is 35.5. The van der Waals surface area contributed by atoms with Gasteiger partial charge in [0.1, 0.15) is 5.03 Å². The normalized spacial score (nSPS) is 21.6. The van der Waals surface area contributed by atoms with Gasteiger partial charge in [0, 0.05) is 18.0 Å². The number of pyridine rings is 1. The third-order valence-electron chi connectivity index (χ3n) is 2.88. The second kappa shape index (κ2) is 7.09. The first-order valence-electron chi connectivity index (χ1n) is 5.80. The quantitative estimate of drug-likeness (QED) is 0.917. The largest absolute Gasteiger partial charge is 0.313 e. The zero-order valence-corrected chi connectivity index (χ0v) is 11.6. The minimum Gasteiger partial charge on any atom is -0.313 e. The lowest BCUT2D eigenvalue weighted by atomic mass is 10.1. The van der Waals surface area contributed by atoms with Crippen molar-refractivity contribution in [2.24, 2.45) is 0 Å². The SMILES string of the molecule is Cc1ccc(S(=O)CC2CCCCN2)nc1.Cl. The van der Waals surface area contributed by atoms with E-state index in [0.29, 0.717) is 16.8 Å². The summed E-state index contributed by atoms with van der Waals surface area (Å²) in [6.45, 7) is 3.05. The zero-order chi connectivity index (χ0) is 11.4. The molecule has 0 bridgehead atoms. The summed E-state index contributed by atoms with van der Waals surface area (Å²) in [6.07, 6.45) is 5.40. The summed E-state index contributed by atoms with van der Waals surface area (Å²) in [6, 6.07) is 4.24. The van der Waals surface area contributed by atoms with E-state index in [1.165, 1.54) is 12.8 Å². The Labute approximate surface area is 111 Å². The minimum atomic E-state index is -0.963. The van der Waals surface area contributed by atoms with Gasteiger partial charge in [-0.1, -0.05) is 12.5 Å². The van der Waals surface area contributed by atoms with E-state index in [0.717, 1.165) is 18.5 Å². The van der Waals surface area contributed by atoms with Gasteiger partial charge < -0.3 is 5.32 Å². The molecule has 0 amide bonds. The maximum Gasteiger partial charge on any atom is 0.127 e. The molecule has 1 aliphatic heterocycles. The predicted octanol–water partition coefficient (Wildman–Crippen LogP) is 2.06. The molecular formula is C12H19ClN2OS. The van der Waals surface area contributed by atoms with Crippen molar-refractivity contribution >= 4 is 23.2 Å². The average Bonchev–Trinajstić information content (AvgIpc) is 2.31. The fraction of sp³-hybridized carbons (Fsp3) is 0.583. The Hall–Kier alpha value is -0.450. The Kier molecular flexibility index (Phi) is 6.09. The van der Waals surface area contributed by atoms with Gasteiger partial charge in [-0.2, -0.15) is 0 Å². The van der Waals surface area contributed by atoms with Crippen molar-refractivity contribution in [2.75, 3.05) is 12.3 Å². The maximum absolute atomic E-state index is 12.0. The lowest BCUT2D eigenvalue weighted by Crippen LogP contribution is -2.38. The monoisotopic (exact) mass is 274 g/mol. The number of aromatic nitrogens is 1. The molecule has 1 N–H and O–H groups in total. The van der Waals surface area contributed by atoms with Gasteiger partial charge >= 0.3 is 0 Å². The van der Waals surface area contributed by atoms with Crippen LogP contribution in [0.4, 0.5) is 0 Å². The molecule has 17 heavy (non-hydrogen) atoms. The van der Waals surface area contributed by atoms with Crippen molar-refractivity contribution < 1.29 is 4.21 Å². The molecule has 5 heteroatoms. The molecule has 1 aromatic heterocycles. The fourth-order valence-corrected chi connectivity index (χ4v) is 3.13. The smallest absolute Gasteiger partial charge is 0.127 e. The van der Waals surface area contributed by atoms with E-state index in [1.807, 2.05) is 19.1 Å². The van der Waals surface area contributed by atoms with Gasteiger partial charge in [0.2, 0.25) is 0 Å². The molecular weight excluding hydrogens is 256 g/mol. The van der Waals surface area contributed by atoms with Crippen molar-refractivity contribution in [1.29, 1.82) is 0 Å². The third kappa shape index (κ3) is 4.37. The first kappa shape index (κ1) is 14.6. The van der Waals surface area contributed by atoms with E-state index in [1.54, 1.807) is 6.20 Å². The van der Waals surface area contributed by atoms with E-state index in [2.05, 4.69) is 10.3 Å². The summed E-state index contributed by atoms with van der Waals surface area (Å²) in [4.78, 5) is 4.22. The molecule has 1 aliphatic rings. The van der Waals surface area contributed by atoms with Crippen LogP contribution in [-0.4, -0.2) is 27.5 Å². The number of hydrogen-bond donors (Lipinski definition) is 1. The van der Waals surface area contributed by atoms with Crippen LogP contribution in [0.3, 0.4) is 0 Å². The molecule has 2 heterocycles. The number of nitrogens with one attached hydrogen (secondary N) is 1. The van der Waals surface area contributed by atoms with Crippen LogP contribution in [-0.2, 0) is 10.8 Å². The van der Waals surface area contributed by atoms with Crippen molar-refractivity contribution in [3.63, 3.8) is 0 Å². The highest BCUT2D eigenvalue weighted by molar-refractivity contribution is 7.85. The van der Waals surface area contributed by atoms with Crippen LogP contribution < -0.4 is 5.32 Å². The van der Waals surface area contributed by atoms with Crippen LogP contribution in [0.2, 0.25) is 0 Å². The number of rotatable bonds is 3. The van der Waals surface area contributed by atoms with Crippen LogP contribution in [0.5, 0.6) is 0 Å². The van der Waals surface area contributed by atoms with Gasteiger partial charge in [-0.15, -0.1) is 12.4 Å². The Bertz CT molecular complexity index is 363. The van der Waals surface area contributed by atoms with Crippen molar-refractivity contribution in [2.45, 2.75) is 37.3 Å². The molecule has 0 aliphatic carbocycles. The second-order valence-electron chi connectivity index (χ2n) is 4.33. The summed E-state index contributed by atoms with van der Waals surface area (Å²) in [5.74, 6) is 0.691. The molecule has 1 aromatic rings. The van der Waals surface area contributed by atoms with Gasteiger partial charge in [0.05, 0.1) is 10.8 Å². The molecule has 0 spiro atoms. The van der Waals surface area contributed by atoms with Gasteiger partial charge in [-0.25, -0.2) is 4.98 Å². The van der Waals surface area contributed by atoms with Crippen molar-refractivity contribution in [3.05, 3.63) is 23.9 Å². The second-order valence-corrected chi connectivity index (χ2v) is 5.78. The predicted molar refractivity (Wildman–Crippen MR) is 73.1 cm³/mol. The molecule has 0 saturated carbocycles. The highest BCUT2D eigenvalue weighted by Crippen LogP contribution is 2.11. The van der Waals surface area contributed by atoms with E-state index < -0.39 is 10.8 Å². The Balaban J connectivity index is 0.00000144. The van der Waals surface area contributed by atoms with Gasteiger partial charge in [0.25, 0.3) is 0 Å². The summed E-state index contributed by atoms with van der Waals surface area (Å²) in [5, 5.41) is 4.12. The van der Waals surface area contributed by atoms with Gasteiger partial charge in [-0.05, 0) is 37.9 Å². The van der Waals surface area contributed by atoms with Crippen LogP contribution >= 0.6 is 12.4 Å². The average molecular weight is 275 g/mol. The highest BCUT2D eigenvalue weighted by Gasteiger charge is 2.16. The van der Waals surface area contributed by atoms with E-state index >= 15 is 0 Å². The first-order chi connectivity index (χ1) is 7.75. The molecule has 96 valence electrons. The summed E-state index contributed by atoms with van der Waals surface area (Å²) >= 11 is 0. The number of piperidine rings is 1. The molecule has 1 saturated heterocycles. The van der Waals surface area contributed by atoms with Crippen LogP contribution in [0, 0.1) is 6.92 Å². The molecule has 2 unspecified atom stereocenters. The lowest BCUT2D eigenvalue weighted by Gasteiger charge is -2.22. The van der Waals surface area contributed by atoms with Crippen LogP contribution in [0.15, 0.2) is 23.4 Å². The van der Waals surface area contributed by atoms with Crippen molar-refractivity contribution in [3.8, 4) is 0 Å². The zero-order valence-electron chi connectivity index (χ0n) is 10.0. The topological polar surface area (TPSA) is 42.0 Å². The van der Waals surface area contributed by atoms with Gasteiger partial charge in [-0.3, -0.25) is 4.21 Å². The molecule has 2 rings (SSSR count). The molecule has 3 nitrogen and oxygen atoms in total. The molecule has 0 radical (unpaired) electrons. The van der Waals surface area contributed by atoms with E-state index in [-0.39, 0.29) is 12.4 Å². The maximum atomic E-state index is 12.0. The van der Waals surface area contributed by atoms with E-state index in [9.17, 15) is 4.21 Å². The number of aryl methyl sites for hydroxylation is 1. The van der Waals surface area contributed by atoms with Crippen molar-refractivity contribution in [1.82, 2.24) is 10.3 Å². The summed E-state index contributed by atoms with van der Waals surface area (Å²) < 4.78 is 12.0. The molecule has 2 atom stereocenters. The molecule has 1 fully saturated rings. The molecule has 0 aromatic carbocycles. The number of hydrogen-bond acceptors (Lipinski definition) is 3. The number of halogens is 1. The summed E-state index contributed by atoms with van der Waals surface area (Å²) in [5.41, 5.74) is 1.11. The Morgan fingerprint density at radius 2 is 2.29 bits per heavy atom. The minimum absolute atomic E-state index is 0. The van der Waals surface area contributed by atoms with E-state index in [4.69, 9.17) is 0 Å². The lowest BCUT2D eigenvalue weighted by molar-refractivity contribution is 0.427. The summed E-state index contributed by atoms with van der Waals surface area (Å²) in [7, 11) is -0.963. The first-order valence-corrected chi connectivity index (χ1v) is 7.12. The Morgan fingerprint density at radius 3 is 2.88 bits per heavy atom. The third-order valence-corrected chi connectivity index (χ3v) is 4.30. The van der Waals surface area contributed by atoms with Gasteiger partial charge in [0.15, 0.2) is 0 Å². The Morgan fingerprint density at radius 1 is 1.47 bits per heavy atom. The van der Waals surface area contributed by atoms with Crippen LogP contribution in [0.25, 0.3) is 0 Å². The fourth-order valence-electron chi connectivity index (χ4n) is 1.92.